The zero-order chi connectivity index (χ0) is 20.6. The van der Waals surface area contributed by atoms with Gasteiger partial charge in [-0.1, -0.05) is 30.3 Å². The van der Waals surface area contributed by atoms with Crippen LogP contribution in [0.5, 0.6) is 11.5 Å². The van der Waals surface area contributed by atoms with Crippen LogP contribution >= 0.6 is 11.3 Å². The van der Waals surface area contributed by atoms with Crippen LogP contribution in [-0.4, -0.2) is 31.4 Å². The van der Waals surface area contributed by atoms with Gasteiger partial charge in [0.05, 0.1) is 20.4 Å². The molecule has 2 aromatic carbocycles. The Hall–Kier alpha value is -3.59. The minimum atomic E-state index is -0.932. The number of hydrazone groups is 1. The average molecular weight is 412 g/mol. The molecule has 3 N–H and O–H groups in total. The summed E-state index contributed by atoms with van der Waals surface area (Å²) in [5, 5.41) is 6.44. The lowest BCUT2D eigenvalue weighted by Crippen LogP contribution is -2.20. The Balaban J connectivity index is 1.82. The van der Waals surface area contributed by atoms with Crippen molar-refractivity contribution in [2.24, 2.45) is 5.10 Å². The molecule has 0 fully saturated rings. The molecule has 1 unspecified atom stereocenters. The molecule has 0 aliphatic carbocycles. The number of ether oxygens (including phenoxy) is 3. The molecule has 3 rings (SSSR count). The summed E-state index contributed by atoms with van der Waals surface area (Å²) in [7, 11) is 2.85. The molecule has 0 aliphatic heterocycles. The van der Waals surface area contributed by atoms with Gasteiger partial charge >= 0.3 is 5.97 Å². The van der Waals surface area contributed by atoms with E-state index in [1.165, 1.54) is 25.6 Å². The first kappa shape index (κ1) is 20.2. The summed E-state index contributed by atoms with van der Waals surface area (Å²) in [5.41, 5.74) is 9.79. The van der Waals surface area contributed by atoms with E-state index in [-0.39, 0.29) is 0 Å². The van der Waals surface area contributed by atoms with E-state index in [0.29, 0.717) is 28.0 Å². The van der Waals surface area contributed by atoms with E-state index in [2.05, 4.69) is 15.5 Å². The molecule has 150 valence electrons. The number of nitrogens with two attached hydrogens (primary N) is 1. The third-order valence-corrected chi connectivity index (χ3v) is 4.61. The zero-order valence-electron chi connectivity index (χ0n) is 15.9. The van der Waals surface area contributed by atoms with Crippen molar-refractivity contribution >= 4 is 34.5 Å². The number of rotatable bonds is 8. The van der Waals surface area contributed by atoms with Crippen molar-refractivity contribution in [3.63, 3.8) is 0 Å². The number of nitrogen functional groups attached to an aromatic ring is 1. The van der Waals surface area contributed by atoms with Crippen molar-refractivity contribution < 1.29 is 19.0 Å². The van der Waals surface area contributed by atoms with Gasteiger partial charge in [0.2, 0.25) is 11.2 Å². The summed E-state index contributed by atoms with van der Waals surface area (Å²) in [5.74, 6) is 0.782. The number of esters is 1. The first-order valence-electron chi connectivity index (χ1n) is 8.58. The minimum absolute atomic E-state index is 0.384. The van der Waals surface area contributed by atoms with E-state index >= 15 is 0 Å². The Morgan fingerprint density at radius 3 is 2.66 bits per heavy atom. The highest BCUT2D eigenvalue weighted by molar-refractivity contribution is 7.14. The summed E-state index contributed by atoms with van der Waals surface area (Å²) in [6, 6.07) is 14.4. The highest BCUT2D eigenvalue weighted by atomic mass is 32.1. The van der Waals surface area contributed by atoms with Crippen molar-refractivity contribution in [3.05, 3.63) is 65.0 Å². The van der Waals surface area contributed by atoms with E-state index in [4.69, 9.17) is 19.9 Å². The van der Waals surface area contributed by atoms with E-state index in [9.17, 15) is 4.79 Å². The SMILES string of the molecule is COC(=O)C(Oc1cc(C=NNc2nc(N)cs2)ccc1OC)c1ccccc1. The molecule has 1 heterocycles. The lowest BCUT2D eigenvalue weighted by atomic mass is 10.1. The van der Waals surface area contributed by atoms with Gasteiger partial charge in [-0.05, 0) is 23.8 Å². The molecule has 1 aromatic heterocycles. The van der Waals surface area contributed by atoms with E-state index in [1.54, 1.807) is 35.9 Å². The molecule has 9 heteroatoms. The number of anilines is 2. The zero-order valence-corrected chi connectivity index (χ0v) is 16.7. The van der Waals surface area contributed by atoms with Gasteiger partial charge in [0, 0.05) is 10.9 Å². The third kappa shape index (κ3) is 5.23. The molecular formula is C20H20N4O4S. The average Bonchev–Trinajstić information content (AvgIpc) is 3.17. The second kappa shape index (κ2) is 9.56. The number of nitrogens with one attached hydrogen (secondary N) is 1. The highest BCUT2D eigenvalue weighted by Crippen LogP contribution is 2.32. The number of carbonyl (C=O) groups excluding carboxylic acids is 1. The molecule has 0 spiro atoms. The van der Waals surface area contributed by atoms with Gasteiger partial charge in [0.15, 0.2) is 11.5 Å². The Kier molecular flexibility index (Phi) is 6.64. The summed E-state index contributed by atoms with van der Waals surface area (Å²) < 4.78 is 16.2. The number of hydrogen-bond acceptors (Lipinski definition) is 9. The highest BCUT2D eigenvalue weighted by Gasteiger charge is 2.24. The van der Waals surface area contributed by atoms with Crippen molar-refractivity contribution in [1.82, 2.24) is 4.98 Å². The second-order valence-corrected chi connectivity index (χ2v) is 6.65. The standard InChI is InChI=1S/C20H20N4O4S/c1-26-15-9-8-13(11-22-24-20-23-17(21)12-29-20)10-16(15)28-18(19(25)27-2)14-6-4-3-5-7-14/h3-12,18H,21H2,1-2H3,(H,23,24). The number of thiazole rings is 1. The summed E-state index contributed by atoms with van der Waals surface area (Å²) in [6.45, 7) is 0. The maximum atomic E-state index is 12.3. The molecule has 29 heavy (non-hydrogen) atoms. The Morgan fingerprint density at radius 1 is 1.21 bits per heavy atom. The van der Waals surface area contributed by atoms with Gasteiger partial charge < -0.3 is 19.9 Å². The molecule has 0 saturated carbocycles. The lowest BCUT2D eigenvalue weighted by molar-refractivity contribution is -0.149. The van der Waals surface area contributed by atoms with Crippen molar-refractivity contribution in [2.75, 3.05) is 25.4 Å². The van der Waals surface area contributed by atoms with E-state index in [1.807, 2.05) is 24.3 Å². The third-order valence-electron chi connectivity index (χ3n) is 3.85. The quantitative estimate of drug-likeness (QED) is 0.331. The van der Waals surface area contributed by atoms with Crippen molar-refractivity contribution in [1.29, 1.82) is 0 Å². The molecule has 0 bridgehead atoms. The fourth-order valence-corrected chi connectivity index (χ4v) is 3.03. The van der Waals surface area contributed by atoms with Crippen LogP contribution in [0, 0.1) is 0 Å². The molecule has 0 aliphatic rings. The minimum Gasteiger partial charge on any atom is -0.493 e. The topological polar surface area (TPSA) is 108 Å². The Bertz CT molecular complexity index is 991. The molecule has 8 nitrogen and oxygen atoms in total. The van der Waals surface area contributed by atoms with Gasteiger partial charge in [-0.15, -0.1) is 11.3 Å². The number of benzene rings is 2. The smallest absolute Gasteiger partial charge is 0.351 e. The first-order valence-corrected chi connectivity index (χ1v) is 9.46. The van der Waals surface area contributed by atoms with Crippen molar-refractivity contribution in [2.45, 2.75) is 6.10 Å². The van der Waals surface area contributed by atoms with Crippen LogP contribution in [0.3, 0.4) is 0 Å². The van der Waals surface area contributed by atoms with E-state index in [0.717, 1.165) is 5.56 Å². The molecule has 3 aromatic rings. The molecular weight excluding hydrogens is 392 g/mol. The molecule has 0 saturated heterocycles. The van der Waals surface area contributed by atoms with Crippen LogP contribution in [0.15, 0.2) is 59.0 Å². The Labute approximate surface area is 171 Å². The van der Waals surface area contributed by atoms with Gasteiger partial charge in [0.25, 0.3) is 0 Å². The number of methoxy groups -OCH3 is 2. The van der Waals surface area contributed by atoms with Crippen LogP contribution in [0.1, 0.15) is 17.2 Å². The second-order valence-electron chi connectivity index (χ2n) is 5.79. The lowest BCUT2D eigenvalue weighted by Gasteiger charge is -2.19. The maximum absolute atomic E-state index is 12.3. The Morgan fingerprint density at radius 2 is 2.00 bits per heavy atom. The number of aromatic nitrogens is 1. The summed E-state index contributed by atoms with van der Waals surface area (Å²) in [6.07, 6.45) is 0.665. The molecule has 0 radical (unpaired) electrons. The van der Waals surface area contributed by atoms with Crippen LogP contribution in [-0.2, 0) is 9.53 Å². The normalized spacial score (nSPS) is 11.8. The van der Waals surface area contributed by atoms with Gasteiger partial charge in [0.1, 0.15) is 5.82 Å². The number of nitrogens with zero attached hydrogens (tertiary/aromatic N) is 2. The van der Waals surface area contributed by atoms with Crippen LogP contribution in [0.4, 0.5) is 10.9 Å². The van der Waals surface area contributed by atoms with Gasteiger partial charge in [-0.2, -0.15) is 5.10 Å². The number of hydrogen-bond donors (Lipinski definition) is 2. The predicted octanol–water partition coefficient (Wildman–Crippen LogP) is 3.47. The van der Waals surface area contributed by atoms with Crippen LogP contribution in [0.2, 0.25) is 0 Å². The largest absolute Gasteiger partial charge is 0.493 e. The van der Waals surface area contributed by atoms with Crippen LogP contribution < -0.4 is 20.6 Å². The van der Waals surface area contributed by atoms with Gasteiger partial charge in [-0.25, -0.2) is 9.78 Å². The fourth-order valence-electron chi connectivity index (χ4n) is 2.48. The number of carbonyl (C=O) groups is 1. The van der Waals surface area contributed by atoms with Crippen molar-refractivity contribution in [3.8, 4) is 11.5 Å². The summed E-state index contributed by atoms with van der Waals surface area (Å²) >= 11 is 1.35. The predicted molar refractivity (Wildman–Crippen MR) is 113 cm³/mol. The fraction of sp³-hybridized carbons (Fsp3) is 0.150. The maximum Gasteiger partial charge on any atom is 0.351 e. The van der Waals surface area contributed by atoms with Crippen LogP contribution in [0.25, 0.3) is 0 Å². The van der Waals surface area contributed by atoms with Gasteiger partial charge in [-0.3, -0.25) is 5.43 Å². The monoisotopic (exact) mass is 412 g/mol. The molecule has 1 atom stereocenters. The van der Waals surface area contributed by atoms with E-state index < -0.39 is 12.1 Å². The summed E-state index contributed by atoms with van der Waals surface area (Å²) in [4.78, 5) is 16.4. The molecule has 0 amide bonds. The first-order chi connectivity index (χ1) is 14.1.